The highest BCUT2D eigenvalue weighted by Crippen LogP contribution is 2.31. The fourth-order valence-corrected chi connectivity index (χ4v) is 2.93. The summed E-state index contributed by atoms with van der Waals surface area (Å²) in [5.41, 5.74) is 12.0. The van der Waals surface area contributed by atoms with Gasteiger partial charge in [-0.05, 0) is 35.1 Å². The van der Waals surface area contributed by atoms with Gasteiger partial charge in [0.2, 0.25) is 5.91 Å². The molecule has 1 unspecified atom stereocenters. The molecule has 3 heteroatoms. The summed E-state index contributed by atoms with van der Waals surface area (Å²) in [4.78, 5) is 11.6. The fraction of sp³-hybridized carbons (Fsp3) is 0.278. The monoisotopic (exact) mass is 280 g/mol. The molecule has 21 heavy (non-hydrogen) atoms. The zero-order valence-electron chi connectivity index (χ0n) is 12.2. The van der Waals surface area contributed by atoms with Crippen LogP contribution in [0.25, 0.3) is 0 Å². The van der Waals surface area contributed by atoms with Gasteiger partial charge in [0.1, 0.15) is 0 Å². The number of amides is 1. The second kappa shape index (κ2) is 5.70. The van der Waals surface area contributed by atoms with E-state index in [0.29, 0.717) is 6.42 Å². The first-order chi connectivity index (χ1) is 10.2. The summed E-state index contributed by atoms with van der Waals surface area (Å²) in [7, 11) is 0. The third-order valence-corrected chi connectivity index (χ3v) is 4.05. The third-order valence-electron chi connectivity index (χ3n) is 4.05. The normalized spacial score (nSPS) is 14.7. The van der Waals surface area contributed by atoms with E-state index in [-0.39, 0.29) is 11.9 Å². The van der Waals surface area contributed by atoms with Crippen LogP contribution < -0.4 is 11.1 Å². The van der Waals surface area contributed by atoms with Gasteiger partial charge >= 0.3 is 0 Å². The van der Waals surface area contributed by atoms with Crippen LogP contribution in [0.5, 0.6) is 0 Å². The van der Waals surface area contributed by atoms with Crippen LogP contribution in [-0.4, -0.2) is 5.91 Å². The third kappa shape index (κ3) is 2.83. The number of anilines is 1. The number of benzene rings is 2. The van der Waals surface area contributed by atoms with E-state index >= 15 is 0 Å². The standard InChI is InChI=1S/C18H20N2O/c1-2-13-9-14(10-15-11-17(21)20-18(13)15)16(19)8-12-6-4-3-5-7-12/h3-7,9-10,16H,2,8,11,19H2,1H3,(H,20,21). The Morgan fingerprint density at radius 3 is 2.71 bits per heavy atom. The topological polar surface area (TPSA) is 55.1 Å². The van der Waals surface area contributed by atoms with Crippen LogP contribution in [0.1, 0.15) is 35.2 Å². The maximum absolute atomic E-state index is 11.6. The van der Waals surface area contributed by atoms with Gasteiger partial charge in [0, 0.05) is 11.7 Å². The number of nitrogens with two attached hydrogens (primary N) is 1. The minimum Gasteiger partial charge on any atom is -0.325 e. The Morgan fingerprint density at radius 1 is 1.24 bits per heavy atom. The van der Waals surface area contributed by atoms with E-state index < -0.39 is 0 Å². The molecule has 1 aliphatic rings. The van der Waals surface area contributed by atoms with Crippen LogP contribution in [0, 0.1) is 0 Å². The van der Waals surface area contributed by atoms with E-state index in [2.05, 4.69) is 36.5 Å². The van der Waals surface area contributed by atoms with Gasteiger partial charge in [0.25, 0.3) is 0 Å². The Hall–Kier alpha value is -2.13. The minimum atomic E-state index is -0.0429. The molecule has 108 valence electrons. The zero-order valence-corrected chi connectivity index (χ0v) is 12.2. The number of nitrogens with one attached hydrogen (secondary N) is 1. The fourth-order valence-electron chi connectivity index (χ4n) is 2.93. The van der Waals surface area contributed by atoms with Crippen molar-refractivity contribution in [1.29, 1.82) is 0 Å². The molecule has 0 fully saturated rings. The zero-order chi connectivity index (χ0) is 14.8. The smallest absolute Gasteiger partial charge is 0.228 e. The van der Waals surface area contributed by atoms with Gasteiger partial charge in [-0.25, -0.2) is 0 Å². The van der Waals surface area contributed by atoms with Crippen molar-refractivity contribution in [3.8, 4) is 0 Å². The maximum atomic E-state index is 11.6. The van der Waals surface area contributed by atoms with Crippen LogP contribution in [-0.2, 0) is 24.1 Å². The molecule has 0 saturated heterocycles. The van der Waals surface area contributed by atoms with Gasteiger partial charge in [-0.15, -0.1) is 0 Å². The van der Waals surface area contributed by atoms with E-state index in [1.54, 1.807) is 0 Å². The largest absolute Gasteiger partial charge is 0.325 e. The van der Waals surface area contributed by atoms with Crippen molar-refractivity contribution >= 4 is 11.6 Å². The van der Waals surface area contributed by atoms with Gasteiger partial charge in [-0.3, -0.25) is 4.79 Å². The predicted molar refractivity (Wildman–Crippen MR) is 85.2 cm³/mol. The average molecular weight is 280 g/mol. The second-order valence-electron chi connectivity index (χ2n) is 5.59. The highest BCUT2D eigenvalue weighted by atomic mass is 16.1. The second-order valence-corrected chi connectivity index (χ2v) is 5.59. The molecule has 2 aromatic rings. The summed E-state index contributed by atoms with van der Waals surface area (Å²) < 4.78 is 0. The highest BCUT2D eigenvalue weighted by Gasteiger charge is 2.22. The quantitative estimate of drug-likeness (QED) is 0.904. The molecule has 3 rings (SSSR count). The van der Waals surface area contributed by atoms with Crippen LogP contribution in [0.3, 0.4) is 0 Å². The van der Waals surface area contributed by atoms with Crippen LogP contribution >= 0.6 is 0 Å². The predicted octanol–water partition coefficient (Wildman–Crippen LogP) is 2.99. The lowest BCUT2D eigenvalue weighted by Gasteiger charge is -2.16. The maximum Gasteiger partial charge on any atom is 0.228 e. The molecule has 1 heterocycles. The van der Waals surface area contributed by atoms with E-state index in [0.717, 1.165) is 29.7 Å². The van der Waals surface area contributed by atoms with E-state index in [1.165, 1.54) is 11.1 Å². The molecule has 2 aromatic carbocycles. The van der Waals surface area contributed by atoms with Crippen molar-refractivity contribution in [2.45, 2.75) is 32.2 Å². The summed E-state index contributed by atoms with van der Waals surface area (Å²) in [6.07, 6.45) is 2.17. The van der Waals surface area contributed by atoms with Crippen LogP contribution in [0.2, 0.25) is 0 Å². The van der Waals surface area contributed by atoms with Gasteiger partial charge in [0.15, 0.2) is 0 Å². The van der Waals surface area contributed by atoms with Crippen molar-refractivity contribution in [1.82, 2.24) is 0 Å². The molecule has 1 aliphatic heterocycles. The lowest BCUT2D eigenvalue weighted by Crippen LogP contribution is -2.14. The SMILES string of the molecule is CCc1cc(C(N)Cc2ccccc2)cc2c1NC(=O)C2. The molecular weight excluding hydrogens is 260 g/mol. The number of aryl methyl sites for hydroxylation is 1. The molecule has 0 aliphatic carbocycles. The number of carbonyl (C=O) groups is 1. The molecule has 0 radical (unpaired) electrons. The first kappa shape index (κ1) is 13.8. The lowest BCUT2D eigenvalue weighted by molar-refractivity contribution is -0.115. The Balaban J connectivity index is 1.89. The first-order valence-corrected chi connectivity index (χ1v) is 7.42. The Kier molecular flexibility index (Phi) is 3.76. The van der Waals surface area contributed by atoms with E-state index in [1.807, 2.05) is 18.2 Å². The molecule has 0 bridgehead atoms. The molecule has 0 saturated carbocycles. The number of hydrogen-bond donors (Lipinski definition) is 2. The van der Waals surface area contributed by atoms with Crippen LogP contribution in [0.15, 0.2) is 42.5 Å². The van der Waals surface area contributed by atoms with Crippen LogP contribution in [0.4, 0.5) is 5.69 Å². The van der Waals surface area contributed by atoms with Crippen molar-refractivity contribution in [3.63, 3.8) is 0 Å². The summed E-state index contributed by atoms with van der Waals surface area (Å²) in [5.74, 6) is 0.0773. The van der Waals surface area contributed by atoms with E-state index in [4.69, 9.17) is 5.73 Å². The lowest BCUT2D eigenvalue weighted by atomic mass is 9.94. The van der Waals surface area contributed by atoms with Gasteiger partial charge in [-0.1, -0.05) is 49.4 Å². The molecule has 1 atom stereocenters. The first-order valence-electron chi connectivity index (χ1n) is 7.42. The number of hydrogen-bond acceptors (Lipinski definition) is 2. The summed E-state index contributed by atoms with van der Waals surface area (Å²) in [6, 6.07) is 14.4. The molecule has 3 N–H and O–H groups in total. The molecule has 3 nitrogen and oxygen atoms in total. The summed E-state index contributed by atoms with van der Waals surface area (Å²) in [6.45, 7) is 2.10. The average Bonchev–Trinajstić information content (AvgIpc) is 2.87. The van der Waals surface area contributed by atoms with Crippen molar-refractivity contribution in [2.75, 3.05) is 5.32 Å². The summed E-state index contributed by atoms with van der Waals surface area (Å²) in [5, 5.41) is 2.95. The van der Waals surface area contributed by atoms with Crippen molar-refractivity contribution in [2.24, 2.45) is 5.73 Å². The Labute approximate surface area is 125 Å². The van der Waals surface area contributed by atoms with Gasteiger partial charge in [0.05, 0.1) is 6.42 Å². The van der Waals surface area contributed by atoms with Gasteiger partial charge < -0.3 is 11.1 Å². The minimum absolute atomic E-state index is 0.0429. The number of carbonyl (C=O) groups excluding carboxylic acids is 1. The van der Waals surface area contributed by atoms with Crippen molar-refractivity contribution < 1.29 is 4.79 Å². The molecule has 0 spiro atoms. The Bertz CT molecular complexity index is 664. The molecule has 0 aromatic heterocycles. The summed E-state index contributed by atoms with van der Waals surface area (Å²) >= 11 is 0. The Morgan fingerprint density at radius 2 is 2.00 bits per heavy atom. The molecular formula is C18H20N2O. The molecule has 1 amide bonds. The van der Waals surface area contributed by atoms with Gasteiger partial charge in [-0.2, -0.15) is 0 Å². The number of rotatable bonds is 4. The van der Waals surface area contributed by atoms with E-state index in [9.17, 15) is 4.79 Å². The highest BCUT2D eigenvalue weighted by molar-refractivity contribution is 6.00. The number of fused-ring (bicyclic) bond motifs is 1. The van der Waals surface area contributed by atoms with Crippen molar-refractivity contribution in [3.05, 3.63) is 64.7 Å².